The molecule has 0 unspecified atom stereocenters. The minimum absolute atomic E-state index is 0.147. The average molecular weight is 491 g/mol. The van der Waals surface area contributed by atoms with Crippen LogP contribution in [0.2, 0.25) is 0 Å². The van der Waals surface area contributed by atoms with E-state index in [4.69, 9.17) is 28.4 Å². The van der Waals surface area contributed by atoms with Crippen LogP contribution in [0.4, 0.5) is 0 Å². The molecule has 0 N–H and O–H groups in total. The fourth-order valence-corrected chi connectivity index (χ4v) is 3.08. The lowest BCUT2D eigenvalue weighted by Gasteiger charge is -2.08. The van der Waals surface area contributed by atoms with Crippen LogP contribution in [-0.4, -0.2) is 78.0 Å². The Labute approximate surface area is 207 Å². The Bertz CT molecular complexity index is 405. The van der Waals surface area contributed by atoms with Crippen molar-refractivity contribution in [3.05, 3.63) is 0 Å². The number of carbonyl (C=O) groups excluding carboxylic acids is 2. The highest BCUT2D eigenvalue weighted by atomic mass is 16.6. The van der Waals surface area contributed by atoms with E-state index >= 15 is 0 Å². The SMILES string of the molecule is CCCCCCCC(=O)OCCOCCOCCOCCOCCOC(=O)CCCCCCC. The van der Waals surface area contributed by atoms with Gasteiger partial charge in [0.05, 0.1) is 52.9 Å². The largest absolute Gasteiger partial charge is 0.463 e. The van der Waals surface area contributed by atoms with Crippen LogP contribution < -0.4 is 0 Å². The number of unbranched alkanes of at least 4 members (excludes halogenated alkanes) is 8. The summed E-state index contributed by atoms with van der Waals surface area (Å²) in [6.45, 7) is 8.48. The predicted octanol–water partition coefficient (Wildman–Crippen LogP) is 4.86. The van der Waals surface area contributed by atoms with Crippen molar-refractivity contribution in [1.82, 2.24) is 0 Å². The quantitative estimate of drug-likeness (QED) is 0.119. The first-order chi connectivity index (χ1) is 16.7. The molecule has 0 bridgehead atoms. The lowest BCUT2D eigenvalue weighted by Crippen LogP contribution is -2.15. The topological polar surface area (TPSA) is 89.5 Å². The Morgan fingerprint density at radius 1 is 0.412 bits per heavy atom. The van der Waals surface area contributed by atoms with Crippen molar-refractivity contribution in [2.45, 2.75) is 90.9 Å². The van der Waals surface area contributed by atoms with Gasteiger partial charge in [0, 0.05) is 12.8 Å². The number of hydrogen-bond donors (Lipinski definition) is 0. The molecule has 0 aliphatic heterocycles. The predicted molar refractivity (Wildman–Crippen MR) is 132 cm³/mol. The van der Waals surface area contributed by atoms with Crippen molar-refractivity contribution in [2.24, 2.45) is 0 Å². The first-order valence-corrected chi connectivity index (χ1v) is 13.3. The number of esters is 2. The van der Waals surface area contributed by atoms with Crippen LogP contribution in [0.1, 0.15) is 90.9 Å². The molecule has 0 rings (SSSR count). The van der Waals surface area contributed by atoms with E-state index in [1.807, 2.05) is 0 Å². The monoisotopic (exact) mass is 490 g/mol. The Hall–Kier alpha value is -1.22. The second kappa shape index (κ2) is 28.0. The van der Waals surface area contributed by atoms with E-state index in [1.165, 1.54) is 38.5 Å². The third-order valence-electron chi connectivity index (χ3n) is 5.07. The van der Waals surface area contributed by atoms with Crippen molar-refractivity contribution >= 4 is 11.9 Å². The molecule has 0 spiro atoms. The van der Waals surface area contributed by atoms with E-state index in [1.54, 1.807) is 0 Å². The van der Waals surface area contributed by atoms with Gasteiger partial charge in [-0.25, -0.2) is 0 Å². The molecule has 0 amide bonds. The molecule has 202 valence electrons. The van der Waals surface area contributed by atoms with E-state index in [-0.39, 0.29) is 25.2 Å². The van der Waals surface area contributed by atoms with Crippen molar-refractivity contribution in [3.8, 4) is 0 Å². The summed E-state index contributed by atoms with van der Waals surface area (Å²) in [7, 11) is 0. The summed E-state index contributed by atoms with van der Waals surface area (Å²) >= 11 is 0. The third-order valence-corrected chi connectivity index (χ3v) is 5.07. The van der Waals surface area contributed by atoms with Crippen molar-refractivity contribution in [1.29, 1.82) is 0 Å². The van der Waals surface area contributed by atoms with Gasteiger partial charge in [0.2, 0.25) is 0 Å². The molecular weight excluding hydrogens is 440 g/mol. The van der Waals surface area contributed by atoms with E-state index in [0.29, 0.717) is 65.7 Å². The zero-order valence-electron chi connectivity index (χ0n) is 21.8. The van der Waals surface area contributed by atoms with Gasteiger partial charge in [-0.3, -0.25) is 9.59 Å². The zero-order chi connectivity index (χ0) is 25.0. The third kappa shape index (κ3) is 27.0. The molecule has 0 fully saturated rings. The second-order valence-electron chi connectivity index (χ2n) is 8.22. The van der Waals surface area contributed by atoms with E-state index in [0.717, 1.165) is 25.7 Å². The maximum absolute atomic E-state index is 11.6. The molecule has 0 heterocycles. The summed E-state index contributed by atoms with van der Waals surface area (Å²) in [5, 5.41) is 0. The Balaban J connectivity index is 3.17. The number of ether oxygens (including phenoxy) is 6. The lowest BCUT2D eigenvalue weighted by molar-refractivity contribution is -0.146. The summed E-state index contributed by atoms with van der Waals surface area (Å²) in [4.78, 5) is 23.1. The van der Waals surface area contributed by atoms with E-state index in [9.17, 15) is 9.59 Å². The second-order valence-corrected chi connectivity index (χ2v) is 8.22. The molecule has 0 aromatic rings. The molecule has 0 saturated carbocycles. The van der Waals surface area contributed by atoms with Crippen LogP contribution in [0.5, 0.6) is 0 Å². The van der Waals surface area contributed by atoms with Crippen LogP contribution >= 0.6 is 0 Å². The van der Waals surface area contributed by atoms with Gasteiger partial charge >= 0.3 is 11.9 Å². The van der Waals surface area contributed by atoms with Crippen molar-refractivity contribution < 1.29 is 38.0 Å². The van der Waals surface area contributed by atoms with Gasteiger partial charge in [-0.15, -0.1) is 0 Å². The summed E-state index contributed by atoms with van der Waals surface area (Å²) < 4.78 is 31.9. The number of rotatable bonds is 27. The summed E-state index contributed by atoms with van der Waals surface area (Å²) in [6, 6.07) is 0. The normalized spacial score (nSPS) is 11.0. The van der Waals surface area contributed by atoms with E-state index < -0.39 is 0 Å². The molecule has 8 heteroatoms. The van der Waals surface area contributed by atoms with E-state index in [2.05, 4.69) is 13.8 Å². The Morgan fingerprint density at radius 3 is 1.03 bits per heavy atom. The molecule has 0 aromatic carbocycles. The average Bonchev–Trinajstić information content (AvgIpc) is 2.83. The fourth-order valence-electron chi connectivity index (χ4n) is 3.08. The zero-order valence-corrected chi connectivity index (χ0v) is 21.8. The molecule has 8 nitrogen and oxygen atoms in total. The van der Waals surface area contributed by atoms with Gasteiger partial charge in [-0.05, 0) is 12.8 Å². The molecule has 0 radical (unpaired) electrons. The molecular formula is C26H50O8. The fraction of sp³-hybridized carbons (Fsp3) is 0.923. The minimum Gasteiger partial charge on any atom is -0.463 e. The molecule has 34 heavy (non-hydrogen) atoms. The van der Waals surface area contributed by atoms with Crippen molar-refractivity contribution in [3.63, 3.8) is 0 Å². The highest BCUT2D eigenvalue weighted by Gasteiger charge is 2.03. The van der Waals surface area contributed by atoms with Crippen LogP contribution in [-0.2, 0) is 38.0 Å². The molecule has 0 aromatic heterocycles. The standard InChI is InChI=1S/C26H50O8/c1-3-5-7-9-11-13-25(27)33-23-21-31-19-17-29-15-16-30-18-20-32-22-24-34-26(28)14-12-10-8-6-4-2/h3-24H2,1-2H3. The maximum atomic E-state index is 11.6. The maximum Gasteiger partial charge on any atom is 0.305 e. The van der Waals surface area contributed by atoms with Crippen molar-refractivity contribution in [2.75, 3.05) is 66.1 Å². The van der Waals surface area contributed by atoms with Crippen LogP contribution in [0.15, 0.2) is 0 Å². The summed E-state index contributed by atoms with van der Waals surface area (Å²) in [5.74, 6) is -0.293. The van der Waals surface area contributed by atoms with Gasteiger partial charge in [-0.2, -0.15) is 0 Å². The molecule has 0 atom stereocenters. The first-order valence-electron chi connectivity index (χ1n) is 13.3. The molecule has 0 aliphatic carbocycles. The number of carbonyl (C=O) groups is 2. The Morgan fingerprint density at radius 2 is 0.706 bits per heavy atom. The van der Waals surface area contributed by atoms with Crippen LogP contribution in [0.3, 0.4) is 0 Å². The van der Waals surface area contributed by atoms with Gasteiger partial charge in [0.25, 0.3) is 0 Å². The minimum atomic E-state index is -0.147. The summed E-state index contributed by atoms with van der Waals surface area (Å²) in [6.07, 6.45) is 12.2. The molecule has 0 aliphatic rings. The van der Waals surface area contributed by atoms with Gasteiger partial charge in [0.1, 0.15) is 13.2 Å². The lowest BCUT2D eigenvalue weighted by atomic mass is 10.1. The van der Waals surface area contributed by atoms with Crippen LogP contribution in [0, 0.1) is 0 Å². The number of hydrogen-bond acceptors (Lipinski definition) is 8. The highest BCUT2D eigenvalue weighted by molar-refractivity contribution is 5.69. The van der Waals surface area contributed by atoms with Gasteiger partial charge in [-0.1, -0.05) is 65.2 Å². The van der Waals surface area contributed by atoms with Gasteiger partial charge < -0.3 is 28.4 Å². The first kappa shape index (κ1) is 32.8. The summed E-state index contributed by atoms with van der Waals surface area (Å²) in [5.41, 5.74) is 0. The van der Waals surface area contributed by atoms with Crippen LogP contribution in [0.25, 0.3) is 0 Å². The molecule has 0 saturated heterocycles. The van der Waals surface area contributed by atoms with Gasteiger partial charge in [0.15, 0.2) is 0 Å². The Kier molecular flexibility index (Phi) is 27.0. The highest BCUT2D eigenvalue weighted by Crippen LogP contribution is 2.06. The smallest absolute Gasteiger partial charge is 0.305 e.